The predicted molar refractivity (Wildman–Crippen MR) is 46.4 cm³/mol. The minimum Gasteiger partial charge on any atom is -0.490 e. The van der Waals surface area contributed by atoms with E-state index in [4.69, 9.17) is 9.47 Å². The van der Waals surface area contributed by atoms with Crippen molar-refractivity contribution in [1.29, 1.82) is 0 Å². The van der Waals surface area contributed by atoms with Gasteiger partial charge in [0.25, 0.3) is 0 Å². The fourth-order valence-corrected chi connectivity index (χ4v) is 1.42. The van der Waals surface area contributed by atoms with Crippen LogP contribution < -0.4 is 0 Å². The fraction of sp³-hybridized carbons (Fsp3) is 0.400. The van der Waals surface area contributed by atoms with Gasteiger partial charge in [0.15, 0.2) is 5.76 Å². The normalized spacial score (nSPS) is 27.2. The summed E-state index contributed by atoms with van der Waals surface area (Å²) >= 11 is 0. The lowest BCUT2D eigenvalue weighted by Gasteiger charge is -2.24. The Morgan fingerprint density at radius 3 is 3.08 bits per heavy atom. The minimum absolute atomic E-state index is 0.408. The molecule has 0 aromatic rings. The number of ether oxygens (including phenoxy) is 2. The van der Waals surface area contributed by atoms with Crippen LogP contribution in [0, 0.1) is 5.92 Å². The summed E-state index contributed by atoms with van der Waals surface area (Å²) in [6.45, 7) is 5.10. The molecule has 0 saturated heterocycles. The van der Waals surface area contributed by atoms with Crippen molar-refractivity contribution in [1.82, 2.24) is 0 Å². The van der Waals surface area contributed by atoms with Crippen LogP contribution in [-0.2, 0) is 9.47 Å². The second-order valence-corrected chi connectivity index (χ2v) is 2.95. The van der Waals surface area contributed by atoms with E-state index in [1.54, 1.807) is 0 Å². The van der Waals surface area contributed by atoms with Gasteiger partial charge < -0.3 is 9.47 Å². The highest BCUT2D eigenvalue weighted by Crippen LogP contribution is 2.27. The van der Waals surface area contributed by atoms with E-state index >= 15 is 0 Å². The quantitative estimate of drug-likeness (QED) is 0.552. The van der Waals surface area contributed by atoms with Gasteiger partial charge in [0.05, 0.1) is 0 Å². The van der Waals surface area contributed by atoms with E-state index in [0.717, 1.165) is 17.9 Å². The molecule has 1 heterocycles. The number of rotatable bonds is 1. The molecule has 2 aliphatic rings. The van der Waals surface area contributed by atoms with Gasteiger partial charge in [-0.25, -0.2) is 0 Å². The van der Waals surface area contributed by atoms with Gasteiger partial charge >= 0.3 is 0 Å². The molecule has 0 amide bonds. The second-order valence-electron chi connectivity index (χ2n) is 2.95. The molecule has 2 rings (SSSR count). The van der Waals surface area contributed by atoms with Crippen LogP contribution in [0.1, 0.15) is 6.42 Å². The third kappa shape index (κ3) is 1.24. The van der Waals surface area contributed by atoms with Crippen molar-refractivity contribution >= 4 is 0 Å². The number of hydrogen-bond donors (Lipinski definition) is 0. The van der Waals surface area contributed by atoms with Crippen LogP contribution >= 0.6 is 0 Å². The summed E-state index contributed by atoms with van der Waals surface area (Å²) in [5.74, 6) is 2.29. The highest BCUT2D eigenvalue weighted by molar-refractivity contribution is 5.25. The van der Waals surface area contributed by atoms with Crippen LogP contribution in [0.4, 0.5) is 0 Å². The van der Waals surface area contributed by atoms with Gasteiger partial charge in [0, 0.05) is 12.3 Å². The first-order valence-electron chi connectivity index (χ1n) is 4.19. The predicted octanol–water partition coefficient (Wildman–Crippen LogP) is 2.01. The molecule has 0 N–H and O–H groups in total. The maximum absolute atomic E-state index is 5.47. The zero-order valence-electron chi connectivity index (χ0n) is 6.95. The average Bonchev–Trinajstić information content (AvgIpc) is 2.17. The Morgan fingerprint density at radius 2 is 2.25 bits per heavy atom. The summed E-state index contributed by atoms with van der Waals surface area (Å²) in [6.07, 6.45) is 6.90. The van der Waals surface area contributed by atoms with E-state index in [0.29, 0.717) is 19.1 Å². The van der Waals surface area contributed by atoms with Gasteiger partial charge in [0.2, 0.25) is 0 Å². The van der Waals surface area contributed by atoms with Gasteiger partial charge in [-0.15, -0.1) is 6.58 Å². The Balaban J connectivity index is 2.17. The highest BCUT2D eigenvalue weighted by atomic mass is 16.6. The lowest BCUT2D eigenvalue weighted by atomic mass is 9.98. The number of hydrogen-bond acceptors (Lipinski definition) is 2. The standard InChI is InChI=1S/C10H12O2/c1-2-8-3-4-9-10(7-8)12-6-5-11-9/h2-4,8H,1,5-7H2. The zero-order valence-corrected chi connectivity index (χ0v) is 6.95. The highest BCUT2D eigenvalue weighted by Gasteiger charge is 2.19. The monoisotopic (exact) mass is 164 g/mol. The first-order chi connectivity index (χ1) is 5.90. The molecule has 0 saturated carbocycles. The Kier molecular flexibility index (Phi) is 1.90. The lowest BCUT2D eigenvalue weighted by Crippen LogP contribution is -2.17. The molecule has 1 atom stereocenters. The summed E-state index contributed by atoms with van der Waals surface area (Å²) in [5.41, 5.74) is 0. The summed E-state index contributed by atoms with van der Waals surface area (Å²) in [6, 6.07) is 0. The molecule has 0 spiro atoms. The summed E-state index contributed by atoms with van der Waals surface area (Å²) < 4.78 is 10.9. The van der Waals surface area contributed by atoms with E-state index in [1.165, 1.54) is 0 Å². The van der Waals surface area contributed by atoms with E-state index in [-0.39, 0.29) is 0 Å². The van der Waals surface area contributed by atoms with Gasteiger partial charge in [-0.2, -0.15) is 0 Å². The molecule has 0 aromatic carbocycles. The summed E-state index contributed by atoms with van der Waals surface area (Å²) in [4.78, 5) is 0. The maximum atomic E-state index is 5.47. The Bertz CT molecular complexity index is 251. The number of allylic oxidation sites excluding steroid dienone is 4. The molecule has 0 fully saturated rings. The first-order valence-corrected chi connectivity index (χ1v) is 4.19. The molecule has 0 radical (unpaired) electrons. The average molecular weight is 164 g/mol. The van der Waals surface area contributed by atoms with Crippen molar-refractivity contribution in [2.24, 2.45) is 5.92 Å². The molecule has 64 valence electrons. The molecule has 2 heteroatoms. The SMILES string of the molecule is C=CC1C=CC2=C(C1)OCCO2. The van der Waals surface area contributed by atoms with Gasteiger partial charge in [-0.3, -0.25) is 0 Å². The molecule has 1 unspecified atom stereocenters. The van der Waals surface area contributed by atoms with Crippen LogP contribution in [0.25, 0.3) is 0 Å². The van der Waals surface area contributed by atoms with Crippen molar-refractivity contribution in [3.63, 3.8) is 0 Å². The maximum Gasteiger partial charge on any atom is 0.156 e. The van der Waals surface area contributed by atoms with Gasteiger partial charge in [-0.05, 0) is 6.08 Å². The zero-order chi connectivity index (χ0) is 8.39. The van der Waals surface area contributed by atoms with Crippen LogP contribution in [0.15, 0.2) is 36.3 Å². The van der Waals surface area contributed by atoms with Gasteiger partial charge in [-0.1, -0.05) is 12.2 Å². The first kappa shape index (κ1) is 7.47. The minimum atomic E-state index is 0.408. The third-order valence-electron chi connectivity index (χ3n) is 2.11. The van der Waals surface area contributed by atoms with Crippen molar-refractivity contribution in [2.75, 3.05) is 13.2 Å². The van der Waals surface area contributed by atoms with E-state index in [1.807, 2.05) is 12.2 Å². The lowest BCUT2D eigenvalue weighted by molar-refractivity contribution is 0.0609. The Hall–Kier alpha value is -1.18. The van der Waals surface area contributed by atoms with Crippen LogP contribution in [0.2, 0.25) is 0 Å². The largest absolute Gasteiger partial charge is 0.490 e. The van der Waals surface area contributed by atoms with E-state index < -0.39 is 0 Å². The van der Waals surface area contributed by atoms with Crippen LogP contribution in [0.5, 0.6) is 0 Å². The molecular formula is C10H12O2. The van der Waals surface area contributed by atoms with Gasteiger partial charge in [0.1, 0.15) is 19.0 Å². The topological polar surface area (TPSA) is 18.5 Å². The third-order valence-corrected chi connectivity index (χ3v) is 2.11. The molecule has 1 aliphatic carbocycles. The molecular weight excluding hydrogens is 152 g/mol. The van der Waals surface area contributed by atoms with Crippen molar-refractivity contribution < 1.29 is 9.47 Å². The van der Waals surface area contributed by atoms with Crippen molar-refractivity contribution in [3.8, 4) is 0 Å². The second kappa shape index (κ2) is 3.05. The molecule has 2 nitrogen and oxygen atoms in total. The molecule has 1 aliphatic heterocycles. The molecule has 0 aromatic heterocycles. The summed E-state index contributed by atoms with van der Waals surface area (Å²) in [7, 11) is 0. The van der Waals surface area contributed by atoms with E-state index in [2.05, 4.69) is 12.7 Å². The molecule has 0 bridgehead atoms. The fourth-order valence-electron chi connectivity index (χ4n) is 1.42. The summed E-state index contributed by atoms with van der Waals surface area (Å²) in [5, 5.41) is 0. The van der Waals surface area contributed by atoms with Crippen molar-refractivity contribution in [3.05, 3.63) is 36.3 Å². The Labute approximate surface area is 72.2 Å². The van der Waals surface area contributed by atoms with Crippen LogP contribution in [0.3, 0.4) is 0 Å². The smallest absolute Gasteiger partial charge is 0.156 e. The van der Waals surface area contributed by atoms with Crippen molar-refractivity contribution in [2.45, 2.75) is 6.42 Å². The van der Waals surface area contributed by atoms with E-state index in [9.17, 15) is 0 Å². The van der Waals surface area contributed by atoms with Crippen LogP contribution in [-0.4, -0.2) is 13.2 Å². The molecule has 12 heavy (non-hydrogen) atoms. The Morgan fingerprint density at radius 1 is 1.42 bits per heavy atom.